The Morgan fingerprint density at radius 3 is 2.77 bits per heavy atom. The first kappa shape index (κ1) is 20.1. The summed E-state index contributed by atoms with van der Waals surface area (Å²) in [4.78, 5) is 44.0. The maximum absolute atomic E-state index is 13.3. The van der Waals surface area contributed by atoms with Crippen molar-refractivity contribution in [2.45, 2.75) is 12.8 Å². The minimum Gasteiger partial charge on any atom is -0.338 e. The van der Waals surface area contributed by atoms with Gasteiger partial charge in [-0.3, -0.25) is 14.4 Å². The number of rotatable bonds is 3. The van der Waals surface area contributed by atoms with Crippen LogP contribution in [0.2, 0.25) is 5.02 Å². The maximum Gasteiger partial charge on any atom is 0.254 e. The van der Waals surface area contributed by atoms with E-state index in [0.717, 1.165) is 5.39 Å². The van der Waals surface area contributed by atoms with Crippen molar-refractivity contribution in [1.29, 1.82) is 0 Å². The summed E-state index contributed by atoms with van der Waals surface area (Å²) in [5.41, 5.74) is 0.833. The number of para-hydroxylation sites is 1. The van der Waals surface area contributed by atoms with Crippen molar-refractivity contribution in [3.63, 3.8) is 0 Å². The number of aromatic nitrogens is 2. The molecule has 0 aliphatic carbocycles. The van der Waals surface area contributed by atoms with E-state index >= 15 is 0 Å². The zero-order chi connectivity index (χ0) is 21.3. The molecule has 2 aromatic heterocycles. The smallest absolute Gasteiger partial charge is 0.254 e. The molecule has 0 saturated carbocycles. The lowest BCUT2D eigenvalue weighted by Gasteiger charge is -2.32. The SMILES string of the molecule is Cn1c(=O)cc(C(=O)N2CCCC(C(=O)Nc3ccc(Cl)cn3)C2)c2ccccc21. The Kier molecular flexibility index (Phi) is 5.55. The number of pyridine rings is 2. The predicted octanol–water partition coefficient (Wildman–Crippen LogP) is 3.08. The molecule has 154 valence electrons. The number of hydrogen-bond acceptors (Lipinski definition) is 4. The molecule has 1 aliphatic heterocycles. The molecule has 0 radical (unpaired) electrons. The fraction of sp³-hybridized carbons (Fsp3) is 0.273. The van der Waals surface area contributed by atoms with Crippen LogP contribution in [0.4, 0.5) is 5.82 Å². The van der Waals surface area contributed by atoms with E-state index < -0.39 is 0 Å². The Morgan fingerprint density at radius 1 is 1.20 bits per heavy atom. The summed E-state index contributed by atoms with van der Waals surface area (Å²) in [6.45, 7) is 0.840. The minimum atomic E-state index is -0.349. The largest absolute Gasteiger partial charge is 0.338 e. The number of benzene rings is 1. The van der Waals surface area contributed by atoms with Crippen molar-refractivity contribution in [1.82, 2.24) is 14.5 Å². The molecule has 3 aromatic rings. The van der Waals surface area contributed by atoms with Gasteiger partial charge in [-0.15, -0.1) is 0 Å². The Hall–Kier alpha value is -3.19. The van der Waals surface area contributed by atoms with E-state index in [9.17, 15) is 14.4 Å². The van der Waals surface area contributed by atoms with Gasteiger partial charge in [0.2, 0.25) is 5.91 Å². The fourth-order valence-electron chi connectivity index (χ4n) is 3.81. The van der Waals surface area contributed by atoms with Gasteiger partial charge in [-0.1, -0.05) is 29.8 Å². The van der Waals surface area contributed by atoms with Crippen LogP contribution in [0.15, 0.2) is 53.5 Å². The molecule has 1 atom stereocenters. The molecule has 0 bridgehead atoms. The lowest BCUT2D eigenvalue weighted by molar-refractivity contribution is -0.121. The lowest BCUT2D eigenvalue weighted by Crippen LogP contribution is -2.44. The van der Waals surface area contributed by atoms with Gasteiger partial charge in [0.05, 0.1) is 22.0 Å². The highest BCUT2D eigenvalue weighted by molar-refractivity contribution is 6.30. The van der Waals surface area contributed by atoms with Crippen molar-refractivity contribution < 1.29 is 9.59 Å². The van der Waals surface area contributed by atoms with E-state index in [1.807, 2.05) is 24.3 Å². The van der Waals surface area contributed by atoms with Crippen LogP contribution >= 0.6 is 11.6 Å². The molecule has 7 nitrogen and oxygen atoms in total. The first-order chi connectivity index (χ1) is 14.4. The van der Waals surface area contributed by atoms with Crippen molar-refractivity contribution in [2.75, 3.05) is 18.4 Å². The van der Waals surface area contributed by atoms with Gasteiger partial charge in [-0.2, -0.15) is 0 Å². The van der Waals surface area contributed by atoms with Crippen molar-refractivity contribution >= 4 is 40.1 Å². The van der Waals surface area contributed by atoms with E-state index in [2.05, 4.69) is 10.3 Å². The number of nitrogens with zero attached hydrogens (tertiary/aromatic N) is 3. The maximum atomic E-state index is 13.3. The number of carbonyl (C=O) groups is 2. The highest BCUT2D eigenvalue weighted by Gasteiger charge is 2.30. The lowest BCUT2D eigenvalue weighted by atomic mass is 9.96. The van der Waals surface area contributed by atoms with Crippen LogP contribution in [0.1, 0.15) is 23.2 Å². The summed E-state index contributed by atoms with van der Waals surface area (Å²) in [7, 11) is 1.69. The second kappa shape index (κ2) is 8.28. The first-order valence-electron chi connectivity index (χ1n) is 9.74. The molecule has 1 N–H and O–H groups in total. The van der Waals surface area contributed by atoms with Gasteiger partial charge in [0.1, 0.15) is 5.82 Å². The summed E-state index contributed by atoms with van der Waals surface area (Å²) in [6.07, 6.45) is 2.86. The number of fused-ring (bicyclic) bond motifs is 1. The van der Waals surface area contributed by atoms with Crippen LogP contribution < -0.4 is 10.9 Å². The first-order valence-corrected chi connectivity index (χ1v) is 10.1. The fourth-order valence-corrected chi connectivity index (χ4v) is 3.92. The Balaban J connectivity index is 1.55. The molecule has 8 heteroatoms. The molecule has 4 rings (SSSR count). The van der Waals surface area contributed by atoms with Gasteiger partial charge in [0.25, 0.3) is 11.5 Å². The van der Waals surface area contributed by atoms with E-state index in [1.54, 1.807) is 24.1 Å². The summed E-state index contributed by atoms with van der Waals surface area (Å²) in [5, 5.41) is 4.00. The molecule has 1 aromatic carbocycles. The molecule has 3 heterocycles. The molecule has 1 fully saturated rings. The van der Waals surface area contributed by atoms with Gasteiger partial charge in [0, 0.05) is 37.8 Å². The van der Waals surface area contributed by atoms with Crippen LogP contribution in [-0.2, 0) is 11.8 Å². The molecule has 0 spiro atoms. The van der Waals surface area contributed by atoms with Crippen molar-refractivity contribution in [2.24, 2.45) is 13.0 Å². The number of nitrogens with one attached hydrogen (secondary N) is 1. The molecule has 1 unspecified atom stereocenters. The van der Waals surface area contributed by atoms with Gasteiger partial charge in [0.15, 0.2) is 0 Å². The third-order valence-electron chi connectivity index (χ3n) is 5.44. The van der Waals surface area contributed by atoms with Gasteiger partial charge >= 0.3 is 0 Å². The number of amides is 2. The molecule has 30 heavy (non-hydrogen) atoms. The van der Waals surface area contributed by atoms with Crippen LogP contribution in [0, 0.1) is 5.92 Å². The number of hydrogen-bond donors (Lipinski definition) is 1. The summed E-state index contributed by atoms with van der Waals surface area (Å²) in [5.74, 6) is -0.342. The van der Waals surface area contributed by atoms with E-state index in [1.165, 1.54) is 16.8 Å². The normalized spacial score (nSPS) is 16.5. The minimum absolute atomic E-state index is 0.184. The van der Waals surface area contributed by atoms with Crippen LogP contribution in [0.5, 0.6) is 0 Å². The van der Waals surface area contributed by atoms with Crippen molar-refractivity contribution in [3.8, 4) is 0 Å². The van der Waals surface area contributed by atoms with Crippen LogP contribution in [-0.4, -0.2) is 39.4 Å². The van der Waals surface area contributed by atoms with E-state index in [0.29, 0.717) is 47.9 Å². The molecule has 2 amide bonds. The highest BCUT2D eigenvalue weighted by Crippen LogP contribution is 2.23. The second-order valence-corrected chi connectivity index (χ2v) is 7.85. The summed E-state index contributed by atoms with van der Waals surface area (Å²) < 4.78 is 1.53. The quantitative estimate of drug-likeness (QED) is 0.700. The zero-order valence-electron chi connectivity index (χ0n) is 16.5. The average Bonchev–Trinajstić information content (AvgIpc) is 2.77. The average molecular weight is 425 g/mol. The van der Waals surface area contributed by atoms with Gasteiger partial charge < -0.3 is 14.8 Å². The van der Waals surface area contributed by atoms with Gasteiger partial charge in [-0.05, 0) is 31.0 Å². The molecular weight excluding hydrogens is 404 g/mol. The van der Waals surface area contributed by atoms with Crippen molar-refractivity contribution in [3.05, 3.63) is 69.6 Å². The number of anilines is 1. The number of carbonyl (C=O) groups excluding carboxylic acids is 2. The third kappa shape index (κ3) is 3.93. The van der Waals surface area contributed by atoms with E-state index in [4.69, 9.17) is 11.6 Å². The number of piperidine rings is 1. The summed E-state index contributed by atoms with van der Waals surface area (Å²) in [6, 6.07) is 12.0. The number of aryl methyl sites for hydroxylation is 1. The zero-order valence-corrected chi connectivity index (χ0v) is 17.2. The predicted molar refractivity (Wildman–Crippen MR) is 116 cm³/mol. The Morgan fingerprint density at radius 2 is 2.00 bits per heavy atom. The van der Waals surface area contributed by atoms with Gasteiger partial charge in [-0.25, -0.2) is 4.98 Å². The van der Waals surface area contributed by atoms with E-state index in [-0.39, 0.29) is 23.3 Å². The molecule has 1 saturated heterocycles. The number of halogens is 1. The monoisotopic (exact) mass is 424 g/mol. The Bertz CT molecular complexity index is 1170. The second-order valence-electron chi connectivity index (χ2n) is 7.41. The van der Waals surface area contributed by atoms with Crippen LogP contribution in [0.25, 0.3) is 10.9 Å². The highest BCUT2D eigenvalue weighted by atomic mass is 35.5. The number of likely N-dealkylation sites (tertiary alicyclic amines) is 1. The van der Waals surface area contributed by atoms with Crippen LogP contribution in [0.3, 0.4) is 0 Å². The Labute approximate surface area is 178 Å². The third-order valence-corrected chi connectivity index (χ3v) is 5.67. The molecular formula is C22H21ClN4O3. The standard InChI is InChI=1S/C22H21ClN4O3/c1-26-18-7-3-2-6-16(18)17(11-20(26)28)22(30)27-10-4-5-14(13-27)21(29)25-19-9-8-15(23)12-24-19/h2-3,6-9,11-12,14H,4-5,10,13H2,1H3,(H,24,25,29). The topological polar surface area (TPSA) is 84.3 Å². The molecule has 1 aliphatic rings. The summed E-state index contributed by atoms with van der Waals surface area (Å²) >= 11 is 5.83.